The van der Waals surface area contributed by atoms with Crippen LogP contribution in [0.3, 0.4) is 0 Å². The number of esters is 1. The first-order valence-electron chi connectivity index (χ1n) is 6.92. The lowest BCUT2D eigenvalue weighted by atomic mass is 10.1. The monoisotopic (exact) mass is 382 g/mol. The van der Waals surface area contributed by atoms with Gasteiger partial charge in [0.1, 0.15) is 15.8 Å². The Labute approximate surface area is 148 Å². The van der Waals surface area contributed by atoms with Crippen LogP contribution in [-0.2, 0) is 10.9 Å². The lowest BCUT2D eigenvalue weighted by Gasteiger charge is -2.10. The minimum absolute atomic E-state index is 0.0200. The van der Waals surface area contributed by atoms with E-state index in [0.29, 0.717) is 4.88 Å². The summed E-state index contributed by atoms with van der Waals surface area (Å²) in [6.07, 6.45) is -4.59. The van der Waals surface area contributed by atoms with E-state index in [2.05, 4.69) is 4.98 Å². The summed E-state index contributed by atoms with van der Waals surface area (Å²) in [5.41, 5.74) is -0.484. The maximum atomic E-state index is 13.6. The van der Waals surface area contributed by atoms with Gasteiger partial charge in [-0.1, -0.05) is 6.07 Å². The minimum atomic E-state index is -4.59. The van der Waals surface area contributed by atoms with Gasteiger partial charge < -0.3 is 4.74 Å². The van der Waals surface area contributed by atoms with Gasteiger partial charge in [0.2, 0.25) is 0 Å². The van der Waals surface area contributed by atoms with E-state index in [4.69, 9.17) is 10.00 Å². The second-order valence-corrected chi connectivity index (χ2v) is 6.95. The van der Waals surface area contributed by atoms with E-state index in [0.717, 1.165) is 17.4 Å². The van der Waals surface area contributed by atoms with Gasteiger partial charge >= 0.3 is 12.1 Å². The van der Waals surface area contributed by atoms with Gasteiger partial charge in [0, 0.05) is 5.39 Å². The molecular formula is C16H9F3N2O2S2. The molecule has 0 fully saturated rings. The van der Waals surface area contributed by atoms with Crippen molar-refractivity contribution in [2.45, 2.75) is 13.1 Å². The molecule has 0 saturated carbocycles. The van der Waals surface area contributed by atoms with E-state index in [1.807, 2.05) is 0 Å². The summed E-state index contributed by atoms with van der Waals surface area (Å²) in [6, 6.07) is 6.06. The number of aromatic nitrogens is 1. The number of rotatable bonds is 3. The first-order chi connectivity index (χ1) is 11.8. The van der Waals surface area contributed by atoms with Crippen LogP contribution >= 0.6 is 22.7 Å². The predicted octanol–water partition coefficient (Wildman–Crippen LogP) is 5.03. The molecule has 0 radical (unpaired) electrons. The number of nitrogens with zero attached hydrogens (tertiary/aromatic N) is 2. The Bertz CT molecular complexity index is 986. The summed E-state index contributed by atoms with van der Waals surface area (Å²) in [7, 11) is 0. The van der Waals surface area contributed by atoms with E-state index >= 15 is 0 Å². The van der Waals surface area contributed by atoms with E-state index < -0.39 is 24.3 Å². The highest BCUT2D eigenvalue weighted by Gasteiger charge is 2.36. The molecule has 0 aliphatic carbocycles. The van der Waals surface area contributed by atoms with Crippen LogP contribution in [0.5, 0.6) is 0 Å². The number of ether oxygens (including phenoxy) is 1. The number of hydrogen-bond acceptors (Lipinski definition) is 6. The molecule has 3 rings (SSSR count). The first-order valence-corrected chi connectivity index (χ1v) is 8.62. The van der Waals surface area contributed by atoms with Crippen molar-refractivity contribution in [1.82, 2.24) is 4.98 Å². The molecule has 0 spiro atoms. The fraction of sp³-hybridized carbons (Fsp3) is 0.188. The molecule has 3 aromatic heterocycles. The number of alkyl halides is 3. The third-order valence-corrected chi connectivity index (χ3v) is 5.49. The Morgan fingerprint density at radius 3 is 2.80 bits per heavy atom. The van der Waals surface area contributed by atoms with Crippen molar-refractivity contribution in [1.29, 1.82) is 5.26 Å². The molecule has 0 bridgehead atoms. The number of aryl methyl sites for hydroxylation is 1. The summed E-state index contributed by atoms with van der Waals surface area (Å²) in [6.45, 7) is 0.954. The highest BCUT2D eigenvalue weighted by Crippen LogP contribution is 2.42. The molecule has 128 valence electrons. The Balaban J connectivity index is 2.24. The number of carbonyl (C=O) groups excluding carboxylic acids is 1. The standard InChI is InChI=1S/C16H9F3N2O2S2/c1-8-12-9(16(17,18)19)7-10(11-3-2-6-24-11)21-14(12)25-13(8)15(22)23-5-4-20/h2-3,6-7H,5H2,1H3. The van der Waals surface area contributed by atoms with Crippen molar-refractivity contribution in [2.24, 2.45) is 0 Å². The maximum Gasteiger partial charge on any atom is 0.417 e. The number of halogens is 3. The minimum Gasteiger partial charge on any atom is -0.446 e. The van der Waals surface area contributed by atoms with Crippen LogP contribution in [0.4, 0.5) is 13.2 Å². The fourth-order valence-electron chi connectivity index (χ4n) is 2.38. The first kappa shape index (κ1) is 17.4. The topological polar surface area (TPSA) is 63.0 Å². The Morgan fingerprint density at radius 2 is 2.20 bits per heavy atom. The average Bonchev–Trinajstić information content (AvgIpc) is 3.19. The third kappa shape index (κ3) is 3.23. The number of fused-ring (bicyclic) bond motifs is 1. The van der Waals surface area contributed by atoms with Crippen molar-refractivity contribution < 1.29 is 22.7 Å². The molecule has 0 aliphatic rings. The molecule has 0 amide bonds. The molecule has 0 N–H and O–H groups in total. The molecular weight excluding hydrogens is 373 g/mol. The molecule has 0 atom stereocenters. The molecule has 0 aromatic carbocycles. The lowest BCUT2D eigenvalue weighted by molar-refractivity contribution is -0.136. The maximum absolute atomic E-state index is 13.6. The zero-order valence-corrected chi connectivity index (χ0v) is 14.3. The van der Waals surface area contributed by atoms with Crippen LogP contribution in [0.25, 0.3) is 20.8 Å². The van der Waals surface area contributed by atoms with Gasteiger partial charge in [0.05, 0.1) is 16.1 Å². The van der Waals surface area contributed by atoms with E-state index in [1.54, 1.807) is 23.6 Å². The van der Waals surface area contributed by atoms with Crippen molar-refractivity contribution in [3.8, 4) is 16.6 Å². The average molecular weight is 382 g/mol. The van der Waals surface area contributed by atoms with Gasteiger partial charge in [0.15, 0.2) is 6.61 Å². The van der Waals surface area contributed by atoms with Gasteiger partial charge in [-0.05, 0) is 30.0 Å². The van der Waals surface area contributed by atoms with Crippen LogP contribution in [0, 0.1) is 18.3 Å². The van der Waals surface area contributed by atoms with Crippen molar-refractivity contribution >= 4 is 38.9 Å². The smallest absolute Gasteiger partial charge is 0.417 e. The highest BCUT2D eigenvalue weighted by atomic mass is 32.1. The molecule has 4 nitrogen and oxygen atoms in total. The van der Waals surface area contributed by atoms with E-state index in [-0.39, 0.29) is 26.4 Å². The van der Waals surface area contributed by atoms with Crippen LogP contribution < -0.4 is 0 Å². The molecule has 0 saturated heterocycles. The highest BCUT2D eigenvalue weighted by molar-refractivity contribution is 7.20. The Kier molecular flexibility index (Phi) is 4.49. The second kappa shape index (κ2) is 6.46. The molecule has 25 heavy (non-hydrogen) atoms. The SMILES string of the molecule is Cc1c(C(=O)OCC#N)sc2nc(-c3cccs3)cc(C(F)(F)F)c12. The van der Waals surface area contributed by atoms with E-state index in [9.17, 15) is 18.0 Å². The fourth-order valence-corrected chi connectivity index (χ4v) is 4.16. The largest absolute Gasteiger partial charge is 0.446 e. The lowest BCUT2D eigenvalue weighted by Crippen LogP contribution is -2.08. The van der Waals surface area contributed by atoms with Gasteiger partial charge in [-0.25, -0.2) is 9.78 Å². The van der Waals surface area contributed by atoms with Crippen LogP contribution in [0.2, 0.25) is 0 Å². The van der Waals surface area contributed by atoms with Crippen molar-refractivity contribution in [3.63, 3.8) is 0 Å². The molecule has 3 aromatic rings. The van der Waals surface area contributed by atoms with E-state index in [1.165, 1.54) is 18.3 Å². The van der Waals surface area contributed by atoms with Crippen molar-refractivity contribution in [2.75, 3.05) is 6.61 Å². The molecule has 3 heterocycles. The molecule has 0 unspecified atom stereocenters. The number of carbonyl (C=O) groups is 1. The van der Waals surface area contributed by atoms with Crippen molar-refractivity contribution in [3.05, 3.63) is 39.6 Å². The summed E-state index contributed by atoms with van der Waals surface area (Å²) in [5, 5.41) is 10.1. The van der Waals surface area contributed by atoms with Gasteiger partial charge in [-0.3, -0.25) is 0 Å². The number of thiophene rings is 2. The van der Waals surface area contributed by atoms with Gasteiger partial charge in [0.25, 0.3) is 0 Å². The Hall–Kier alpha value is -2.44. The normalized spacial score (nSPS) is 11.5. The summed E-state index contributed by atoms with van der Waals surface area (Å²) < 4.78 is 45.4. The number of pyridine rings is 1. The van der Waals surface area contributed by atoms with Gasteiger partial charge in [-0.15, -0.1) is 22.7 Å². The van der Waals surface area contributed by atoms with Crippen LogP contribution in [0.15, 0.2) is 23.6 Å². The number of nitriles is 1. The summed E-state index contributed by atoms with van der Waals surface area (Å²) >= 11 is 2.11. The molecule has 0 aliphatic heterocycles. The zero-order valence-electron chi connectivity index (χ0n) is 12.7. The predicted molar refractivity (Wildman–Crippen MR) is 88.6 cm³/mol. The second-order valence-electron chi connectivity index (χ2n) is 5.00. The van der Waals surface area contributed by atoms with Gasteiger partial charge in [-0.2, -0.15) is 18.4 Å². The summed E-state index contributed by atoms with van der Waals surface area (Å²) in [5.74, 6) is -0.826. The molecule has 9 heteroatoms. The Morgan fingerprint density at radius 1 is 1.44 bits per heavy atom. The summed E-state index contributed by atoms with van der Waals surface area (Å²) in [4.78, 5) is 17.0. The number of hydrogen-bond donors (Lipinski definition) is 0. The van der Waals surface area contributed by atoms with Crippen LogP contribution in [-0.4, -0.2) is 17.6 Å². The zero-order chi connectivity index (χ0) is 18.2. The quantitative estimate of drug-likeness (QED) is 0.596. The van der Waals surface area contributed by atoms with Crippen LogP contribution in [0.1, 0.15) is 20.8 Å². The third-order valence-electron chi connectivity index (χ3n) is 3.43.